The molecule has 3 aromatic rings. The Morgan fingerprint density at radius 3 is 2.50 bits per heavy atom. The molecule has 0 spiro atoms. The highest BCUT2D eigenvalue weighted by molar-refractivity contribution is 5.94. The lowest BCUT2D eigenvalue weighted by molar-refractivity contribution is 0.0228. The van der Waals surface area contributed by atoms with Gasteiger partial charge in [-0.3, -0.25) is 9.69 Å². The van der Waals surface area contributed by atoms with E-state index in [9.17, 15) is 4.79 Å². The number of morpholine rings is 1. The molecule has 156 valence electrons. The molecule has 2 heterocycles. The second-order valence-corrected chi connectivity index (χ2v) is 7.48. The predicted molar refractivity (Wildman–Crippen MR) is 112 cm³/mol. The number of tetrazole rings is 1. The SMILES string of the molecule is CC(CN1CCOCC1)N(Cc1ccccc1)C(=O)c1ccc(-n2cnnn2)cc1. The molecule has 1 aliphatic rings. The molecule has 0 radical (unpaired) electrons. The topological polar surface area (TPSA) is 76.4 Å². The van der Waals surface area contributed by atoms with Crippen molar-refractivity contribution in [2.24, 2.45) is 0 Å². The third-order valence-corrected chi connectivity index (χ3v) is 5.34. The molecule has 1 fully saturated rings. The number of hydrogen-bond donors (Lipinski definition) is 0. The van der Waals surface area contributed by atoms with Gasteiger partial charge in [0.1, 0.15) is 6.33 Å². The lowest BCUT2D eigenvalue weighted by Crippen LogP contribution is -2.48. The molecule has 1 aromatic heterocycles. The summed E-state index contributed by atoms with van der Waals surface area (Å²) in [5.74, 6) is 0.0166. The lowest BCUT2D eigenvalue weighted by Gasteiger charge is -2.35. The van der Waals surface area contributed by atoms with Crippen LogP contribution in [0.25, 0.3) is 5.69 Å². The molecule has 0 saturated carbocycles. The van der Waals surface area contributed by atoms with Crippen LogP contribution in [-0.4, -0.2) is 74.8 Å². The van der Waals surface area contributed by atoms with Crippen molar-refractivity contribution in [2.75, 3.05) is 32.8 Å². The fourth-order valence-corrected chi connectivity index (χ4v) is 3.67. The first kappa shape index (κ1) is 20.2. The Morgan fingerprint density at radius 2 is 1.83 bits per heavy atom. The highest BCUT2D eigenvalue weighted by Gasteiger charge is 2.24. The van der Waals surface area contributed by atoms with E-state index in [0.717, 1.165) is 44.1 Å². The van der Waals surface area contributed by atoms with Crippen LogP contribution in [0, 0.1) is 0 Å². The van der Waals surface area contributed by atoms with Crippen molar-refractivity contribution in [3.8, 4) is 5.69 Å². The minimum absolute atomic E-state index is 0.0166. The highest BCUT2D eigenvalue weighted by atomic mass is 16.5. The van der Waals surface area contributed by atoms with E-state index in [2.05, 4.69) is 39.5 Å². The van der Waals surface area contributed by atoms with Crippen molar-refractivity contribution < 1.29 is 9.53 Å². The molecule has 1 unspecified atom stereocenters. The van der Waals surface area contributed by atoms with Gasteiger partial charge in [0, 0.05) is 37.8 Å². The molecule has 8 heteroatoms. The van der Waals surface area contributed by atoms with E-state index < -0.39 is 0 Å². The zero-order chi connectivity index (χ0) is 20.8. The Morgan fingerprint density at radius 1 is 1.10 bits per heavy atom. The standard InChI is InChI=1S/C22H26N6O2/c1-18(15-26-11-13-30-14-12-26)27(16-19-5-3-2-4-6-19)22(29)20-7-9-21(10-8-20)28-17-23-24-25-28/h2-10,17-18H,11-16H2,1H3. The summed E-state index contributed by atoms with van der Waals surface area (Å²) >= 11 is 0. The van der Waals surface area contributed by atoms with E-state index in [0.29, 0.717) is 12.1 Å². The smallest absolute Gasteiger partial charge is 0.254 e. The zero-order valence-electron chi connectivity index (χ0n) is 17.1. The van der Waals surface area contributed by atoms with Crippen LogP contribution in [0.3, 0.4) is 0 Å². The fourth-order valence-electron chi connectivity index (χ4n) is 3.67. The quantitative estimate of drug-likeness (QED) is 0.598. The molecule has 1 amide bonds. The summed E-state index contributed by atoms with van der Waals surface area (Å²) in [5.41, 5.74) is 2.58. The molecule has 1 aliphatic heterocycles. The summed E-state index contributed by atoms with van der Waals surface area (Å²) in [6.45, 7) is 6.81. The number of benzene rings is 2. The molecule has 30 heavy (non-hydrogen) atoms. The van der Waals surface area contributed by atoms with Gasteiger partial charge < -0.3 is 9.64 Å². The minimum Gasteiger partial charge on any atom is -0.379 e. The van der Waals surface area contributed by atoms with Crippen molar-refractivity contribution >= 4 is 5.91 Å². The summed E-state index contributed by atoms with van der Waals surface area (Å²) in [6.07, 6.45) is 1.53. The first-order valence-electron chi connectivity index (χ1n) is 10.2. The minimum atomic E-state index is 0.0166. The molecule has 8 nitrogen and oxygen atoms in total. The summed E-state index contributed by atoms with van der Waals surface area (Å²) in [5, 5.41) is 11.2. The number of amides is 1. The van der Waals surface area contributed by atoms with Gasteiger partial charge >= 0.3 is 0 Å². The number of rotatable bonds is 7. The number of hydrogen-bond acceptors (Lipinski definition) is 6. The third-order valence-electron chi connectivity index (χ3n) is 5.34. The van der Waals surface area contributed by atoms with Gasteiger partial charge in [-0.25, -0.2) is 4.68 Å². The molecular formula is C22H26N6O2. The molecule has 0 bridgehead atoms. The summed E-state index contributed by atoms with van der Waals surface area (Å²) in [4.78, 5) is 17.8. The van der Waals surface area contributed by atoms with E-state index in [1.807, 2.05) is 47.4 Å². The number of carbonyl (C=O) groups is 1. The maximum absolute atomic E-state index is 13.5. The number of ether oxygens (including phenoxy) is 1. The zero-order valence-corrected chi connectivity index (χ0v) is 17.1. The Hall–Kier alpha value is -3.10. The van der Waals surface area contributed by atoms with E-state index in [-0.39, 0.29) is 11.9 Å². The van der Waals surface area contributed by atoms with E-state index in [4.69, 9.17) is 4.74 Å². The largest absolute Gasteiger partial charge is 0.379 e. The van der Waals surface area contributed by atoms with Crippen LogP contribution in [0.5, 0.6) is 0 Å². The van der Waals surface area contributed by atoms with Crippen LogP contribution in [0.15, 0.2) is 60.9 Å². The maximum atomic E-state index is 13.5. The Kier molecular flexibility index (Phi) is 6.46. The van der Waals surface area contributed by atoms with E-state index in [1.54, 1.807) is 4.68 Å². The average Bonchev–Trinajstić information content (AvgIpc) is 3.33. The highest BCUT2D eigenvalue weighted by Crippen LogP contribution is 2.16. The summed E-state index contributed by atoms with van der Waals surface area (Å²) in [6, 6.07) is 17.6. The van der Waals surface area contributed by atoms with Gasteiger partial charge in [-0.05, 0) is 47.2 Å². The maximum Gasteiger partial charge on any atom is 0.254 e. The summed E-state index contributed by atoms with van der Waals surface area (Å²) < 4.78 is 7.02. The van der Waals surface area contributed by atoms with Crippen LogP contribution in [-0.2, 0) is 11.3 Å². The molecule has 2 aromatic carbocycles. The van der Waals surface area contributed by atoms with Crippen LogP contribution in [0.1, 0.15) is 22.8 Å². The van der Waals surface area contributed by atoms with Crippen molar-refractivity contribution in [1.29, 1.82) is 0 Å². The first-order chi connectivity index (χ1) is 14.7. The molecule has 4 rings (SSSR count). The Bertz CT molecular complexity index is 924. The number of nitrogens with zero attached hydrogens (tertiary/aromatic N) is 6. The first-order valence-corrected chi connectivity index (χ1v) is 10.2. The number of carbonyl (C=O) groups excluding carboxylic acids is 1. The van der Waals surface area contributed by atoms with Gasteiger partial charge in [-0.1, -0.05) is 30.3 Å². The second kappa shape index (κ2) is 9.60. The molecule has 1 atom stereocenters. The van der Waals surface area contributed by atoms with Gasteiger partial charge in [0.2, 0.25) is 0 Å². The Balaban J connectivity index is 1.53. The van der Waals surface area contributed by atoms with Crippen molar-refractivity contribution in [3.05, 3.63) is 72.1 Å². The average molecular weight is 406 g/mol. The second-order valence-electron chi connectivity index (χ2n) is 7.48. The summed E-state index contributed by atoms with van der Waals surface area (Å²) in [7, 11) is 0. The van der Waals surface area contributed by atoms with Crippen LogP contribution >= 0.6 is 0 Å². The monoisotopic (exact) mass is 406 g/mol. The molecule has 0 N–H and O–H groups in total. The van der Waals surface area contributed by atoms with Crippen molar-refractivity contribution in [2.45, 2.75) is 19.5 Å². The van der Waals surface area contributed by atoms with Gasteiger partial charge in [-0.2, -0.15) is 0 Å². The third kappa shape index (κ3) is 4.90. The van der Waals surface area contributed by atoms with E-state index in [1.165, 1.54) is 6.33 Å². The molecule has 1 saturated heterocycles. The van der Waals surface area contributed by atoms with Crippen LogP contribution in [0.4, 0.5) is 0 Å². The van der Waals surface area contributed by atoms with Gasteiger partial charge in [0.25, 0.3) is 5.91 Å². The normalized spacial score (nSPS) is 15.6. The number of aromatic nitrogens is 4. The van der Waals surface area contributed by atoms with E-state index >= 15 is 0 Å². The molecular weight excluding hydrogens is 380 g/mol. The van der Waals surface area contributed by atoms with Gasteiger partial charge in [-0.15, -0.1) is 5.10 Å². The lowest BCUT2D eigenvalue weighted by atomic mass is 10.1. The Labute approximate surface area is 176 Å². The fraction of sp³-hybridized carbons (Fsp3) is 0.364. The van der Waals surface area contributed by atoms with Gasteiger partial charge in [0.15, 0.2) is 0 Å². The van der Waals surface area contributed by atoms with Crippen LogP contribution in [0.2, 0.25) is 0 Å². The molecule has 0 aliphatic carbocycles. The van der Waals surface area contributed by atoms with Crippen molar-refractivity contribution in [3.63, 3.8) is 0 Å². The van der Waals surface area contributed by atoms with Crippen molar-refractivity contribution in [1.82, 2.24) is 30.0 Å². The van der Waals surface area contributed by atoms with Gasteiger partial charge in [0.05, 0.1) is 18.9 Å². The van der Waals surface area contributed by atoms with Crippen LogP contribution < -0.4 is 0 Å². The predicted octanol–water partition coefficient (Wildman–Crippen LogP) is 2.03.